The largest absolute Gasteiger partial charge is 0.391 e. The zero-order chi connectivity index (χ0) is 13.9. The minimum absolute atomic E-state index is 0.0544. The Morgan fingerprint density at radius 3 is 2.95 bits per heavy atom. The first-order chi connectivity index (χ1) is 9.74. The van der Waals surface area contributed by atoms with Gasteiger partial charge in [0.15, 0.2) is 0 Å². The lowest BCUT2D eigenvalue weighted by Gasteiger charge is -2.14. The molecule has 0 radical (unpaired) electrons. The number of hydrogen-bond acceptors (Lipinski definition) is 4. The van der Waals surface area contributed by atoms with Crippen molar-refractivity contribution in [2.75, 3.05) is 19.6 Å². The van der Waals surface area contributed by atoms with Gasteiger partial charge in [-0.05, 0) is 17.5 Å². The first-order valence-corrected chi connectivity index (χ1v) is 6.94. The van der Waals surface area contributed by atoms with E-state index >= 15 is 0 Å². The summed E-state index contributed by atoms with van der Waals surface area (Å²) < 4.78 is 0. The molecular weight excluding hydrogens is 254 g/mol. The van der Waals surface area contributed by atoms with E-state index in [1.165, 1.54) is 0 Å². The van der Waals surface area contributed by atoms with Crippen molar-refractivity contribution >= 4 is 10.9 Å². The standard InChI is InChI=1S/C15H19N3O2/c19-14-9-17-8-12(14)7-16-6-11-5-10-3-1-2-4-13(10)18-15(11)20/h1-5,12,14,16-17,19H,6-9H2,(H,18,20). The second-order valence-electron chi connectivity index (χ2n) is 5.33. The zero-order valence-corrected chi connectivity index (χ0v) is 11.2. The predicted molar refractivity (Wildman–Crippen MR) is 78.6 cm³/mol. The van der Waals surface area contributed by atoms with Crippen LogP contribution in [0.1, 0.15) is 5.56 Å². The van der Waals surface area contributed by atoms with Crippen LogP contribution >= 0.6 is 0 Å². The van der Waals surface area contributed by atoms with Gasteiger partial charge in [-0.25, -0.2) is 0 Å². The molecule has 5 nitrogen and oxygen atoms in total. The van der Waals surface area contributed by atoms with Crippen molar-refractivity contribution in [1.82, 2.24) is 15.6 Å². The molecule has 3 rings (SSSR count). The number of fused-ring (bicyclic) bond motifs is 1. The van der Waals surface area contributed by atoms with Crippen molar-refractivity contribution in [3.8, 4) is 0 Å². The van der Waals surface area contributed by atoms with E-state index < -0.39 is 0 Å². The fourth-order valence-corrected chi connectivity index (χ4v) is 2.64. The van der Waals surface area contributed by atoms with Crippen molar-refractivity contribution in [2.45, 2.75) is 12.6 Å². The molecule has 1 saturated heterocycles. The van der Waals surface area contributed by atoms with Crippen LogP contribution in [-0.4, -0.2) is 35.8 Å². The summed E-state index contributed by atoms with van der Waals surface area (Å²) in [5.41, 5.74) is 1.53. The van der Waals surface area contributed by atoms with Crippen LogP contribution in [0.15, 0.2) is 35.1 Å². The summed E-state index contributed by atoms with van der Waals surface area (Å²) in [5, 5.41) is 17.2. The number of pyridine rings is 1. The predicted octanol–water partition coefficient (Wildman–Crippen LogP) is 0.198. The van der Waals surface area contributed by atoms with E-state index in [2.05, 4.69) is 15.6 Å². The molecule has 1 aliphatic heterocycles. The minimum atomic E-state index is -0.294. The van der Waals surface area contributed by atoms with Crippen molar-refractivity contribution in [1.29, 1.82) is 0 Å². The van der Waals surface area contributed by atoms with Crippen LogP contribution in [0.3, 0.4) is 0 Å². The Morgan fingerprint density at radius 2 is 2.15 bits per heavy atom. The molecule has 1 aromatic heterocycles. The van der Waals surface area contributed by atoms with Gasteiger partial charge in [0.1, 0.15) is 0 Å². The van der Waals surface area contributed by atoms with Crippen LogP contribution in [0.2, 0.25) is 0 Å². The molecule has 4 N–H and O–H groups in total. The molecule has 1 aliphatic rings. The summed E-state index contributed by atoms with van der Waals surface area (Å²) in [4.78, 5) is 14.9. The van der Waals surface area contributed by atoms with Gasteiger partial charge in [0, 0.05) is 43.2 Å². The number of benzene rings is 1. The van der Waals surface area contributed by atoms with Gasteiger partial charge in [0.25, 0.3) is 5.56 Å². The molecule has 0 spiro atoms. The maximum atomic E-state index is 12.0. The number of nitrogens with one attached hydrogen (secondary N) is 3. The van der Waals surface area contributed by atoms with E-state index in [1.807, 2.05) is 30.3 Å². The Morgan fingerprint density at radius 1 is 1.30 bits per heavy atom. The van der Waals surface area contributed by atoms with Gasteiger partial charge in [-0.1, -0.05) is 18.2 Å². The van der Waals surface area contributed by atoms with E-state index in [9.17, 15) is 9.90 Å². The monoisotopic (exact) mass is 273 g/mol. The molecule has 2 aromatic rings. The van der Waals surface area contributed by atoms with Gasteiger partial charge in [-0.3, -0.25) is 4.79 Å². The Balaban J connectivity index is 1.68. The molecule has 5 heteroatoms. The lowest BCUT2D eigenvalue weighted by atomic mass is 10.1. The Labute approximate surface area is 117 Å². The zero-order valence-electron chi connectivity index (χ0n) is 11.2. The molecule has 1 aromatic carbocycles. The second-order valence-corrected chi connectivity index (χ2v) is 5.33. The number of aromatic amines is 1. The summed E-state index contributed by atoms with van der Waals surface area (Å²) in [6.45, 7) is 2.70. The molecule has 1 fully saturated rings. The maximum Gasteiger partial charge on any atom is 0.252 e. The van der Waals surface area contributed by atoms with Crippen LogP contribution in [0.4, 0.5) is 0 Å². The van der Waals surface area contributed by atoms with Crippen molar-refractivity contribution in [2.24, 2.45) is 5.92 Å². The van der Waals surface area contributed by atoms with Crippen LogP contribution < -0.4 is 16.2 Å². The fraction of sp³-hybridized carbons (Fsp3) is 0.400. The lowest BCUT2D eigenvalue weighted by Crippen LogP contribution is -2.31. The van der Waals surface area contributed by atoms with Crippen LogP contribution in [0, 0.1) is 5.92 Å². The van der Waals surface area contributed by atoms with E-state index in [4.69, 9.17) is 0 Å². The van der Waals surface area contributed by atoms with Gasteiger partial charge >= 0.3 is 0 Å². The van der Waals surface area contributed by atoms with Gasteiger partial charge in [0.05, 0.1) is 6.10 Å². The first-order valence-electron chi connectivity index (χ1n) is 6.94. The van der Waals surface area contributed by atoms with Crippen molar-refractivity contribution in [3.63, 3.8) is 0 Å². The van der Waals surface area contributed by atoms with E-state index in [0.29, 0.717) is 19.6 Å². The van der Waals surface area contributed by atoms with Gasteiger partial charge in [-0.2, -0.15) is 0 Å². The van der Waals surface area contributed by atoms with Crippen molar-refractivity contribution in [3.05, 3.63) is 46.2 Å². The quantitative estimate of drug-likeness (QED) is 0.642. The number of hydrogen-bond donors (Lipinski definition) is 4. The van der Waals surface area contributed by atoms with E-state index in [-0.39, 0.29) is 17.6 Å². The SMILES string of the molecule is O=c1[nH]c2ccccc2cc1CNCC1CNCC1O. The summed E-state index contributed by atoms with van der Waals surface area (Å²) >= 11 is 0. The molecule has 0 saturated carbocycles. The summed E-state index contributed by atoms with van der Waals surface area (Å²) in [6, 6.07) is 9.67. The average Bonchev–Trinajstić information content (AvgIpc) is 2.85. The third-order valence-corrected chi connectivity index (χ3v) is 3.86. The Hall–Kier alpha value is -1.69. The summed E-state index contributed by atoms with van der Waals surface area (Å²) in [6.07, 6.45) is -0.294. The van der Waals surface area contributed by atoms with E-state index in [1.54, 1.807) is 0 Å². The molecule has 106 valence electrons. The van der Waals surface area contributed by atoms with Crippen LogP contribution in [0.5, 0.6) is 0 Å². The Kier molecular flexibility index (Phi) is 3.82. The Bertz CT molecular complexity index is 653. The van der Waals surface area contributed by atoms with E-state index in [0.717, 1.165) is 23.0 Å². The average molecular weight is 273 g/mol. The maximum absolute atomic E-state index is 12.0. The molecule has 0 bridgehead atoms. The number of aromatic nitrogens is 1. The topological polar surface area (TPSA) is 77.2 Å². The second kappa shape index (κ2) is 5.75. The molecule has 0 amide bonds. The number of H-pyrrole nitrogens is 1. The highest BCUT2D eigenvalue weighted by Crippen LogP contribution is 2.10. The van der Waals surface area contributed by atoms with Gasteiger partial charge in [-0.15, -0.1) is 0 Å². The van der Waals surface area contributed by atoms with Crippen LogP contribution in [-0.2, 0) is 6.54 Å². The smallest absolute Gasteiger partial charge is 0.252 e. The van der Waals surface area contributed by atoms with Gasteiger partial charge in [0.2, 0.25) is 0 Å². The van der Waals surface area contributed by atoms with Crippen LogP contribution in [0.25, 0.3) is 10.9 Å². The van der Waals surface area contributed by atoms with Crippen molar-refractivity contribution < 1.29 is 5.11 Å². The number of aliphatic hydroxyl groups excluding tert-OH is 1. The first kappa shape index (κ1) is 13.3. The fourth-order valence-electron chi connectivity index (χ4n) is 2.64. The third kappa shape index (κ3) is 2.75. The third-order valence-electron chi connectivity index (χ3n) is 3.86. The highest BCUT2D eigenvalue weighted by molar-refractivity contribution is 5.78. The number of rotatable bonds is 4. The number of para-hydroxylation sites is 1. The molecule has 2 heterocycles. The number of β-amino-alcohol motifs (C(OH)–C–C–N with tert-alkyl or cyclic N) is 1. The van der Waals surface area contributed by atoms with Gasteiger partial charge < -0.3 is 20.7 Å². The molecule has 2 atom stereocenters. The highest BCUT2D eigenvalue weighted by atomic mass is 16.3. The molecular formula is C15H19N3O2. The molecule has 0 aliphatic carbocycles. The highest BCUT2D eigenvalue weighted by Gasteiger charge is 2.24. The molecule has 2 unspecified atom stereocenters. The lowest BCUT2D eigenvalue weighted by molar-refractivity contribution is 0.146. The molecule has 20 heavy (non-hydrogen) atoms. The summed E-state index contributed by atoms with van der Waals surface area (Å²) in [5.74, 6) is 0.217. The number of aliphatic hydroxyl groups is 1. The summed E-state index contributed by atoms with van der Waals surface area (Å²) in [7, 11) is 0. The minimum Gasteiger partial charge on any atom is -0.391 e. The normalized spacial score (nSPS) is 22.4.